The van der Waals surface area contributed by atoms with Crippen LogP contribution in [0.1, 0.15) is 5.56 Å². The molecule has 0 bridgehead atoms. The van der Waals surface area contributed by atoms with Gasteiger partial charge in [0, 0.05) is 28.2 Å². The number of benzene rings is 3. The van der Waals surface area contributed by atoms with E-state index in [2.05, 4.69) is 10.0 Å². The number of carbonyl (C=O) groups is 1. The number of sulfonamides is 1. The van der Waals surface area contributed by atoms with Gasteiger partial charge in [0.05, 0.1) is 6.42 Å². The van der Waals surface area contributed by atoms with Gasteiger partial charge >= 0.3 is 0 Å². The normalized spacial score (nSPS) is 11.6. The highest BCUT2D eigenvalue weighted by atomic mass is 32.2. The van der Waals surface area contributed by atoms with Crippen molar-refractivity contribution in [3.8, 4) is 0 Å². The number of anilines is 2. The molecule has 0 aliphatic rings. The molecule has 0 spiro atoms. The molecule has 8 heteroatoms. The highest BCUT2D eigenvalue weighted by Crippen LogP contribution is 2.30. The Labute approximate surface area is 188 Å². The van der Waals surface area contributed by atoms with Crippen LogP contribution in [-0.2, 0) is 21.2 Å². The highest BCUT2D eigenvalue weighted by Gasteiger charge is 2.15. The Kier molecular flexibility index (Phi) is 5.16. The van der Waals surface area contributed by atoms with Crippen LogP contribution in [0.15, 0.2) is 92.9 Å². The molecular weight excluding hydrogens is 444 g/mol. The lowest BCUT2D eigenvalue weighted by Gasteiger charge is -2.08. The van der Waals surface area contributed by atoms with Gasteiger partial charge in [-0.2, -0.15) is 0 Å². The Morgan fingerprint density at radius 2 is 1.59 bits per heavy atom. The predicted molar refractivity (Wildman–Crippen MR) is 128 cm³/mol. The van der Waals surface area contributed by atoms with Gasteiger partial charge in [0.25, 0.3) is 10.0 Å². The average molecular weight is 463 g/mol. The van der Waals surface area contributed by atoms with Gasteiger partial charge in [-0.05, 0) is 47.3 Å². The molecule has 6 nitrogen and oxygen atoms in total. The number of furan rings is 1. The second-order valence-electron chi connectivity index (χ2n) is 7.27. The van der Waals surface area contributed by atoms with Crippen LogP contribution in [0.2, 0.25) is 0 Å². The molecule has 5 rings (SSSR count). The molecular formula is C24H18N2O4S2. The molecule has 0 aliphatic heterocycles. The summed E-state index contributed by atoms with van der Waals surface area (Å²) in [6.07, 6.45) is 0.163. The topological polar surface area (TPSA) is 88.4 Å². The lowest BCUT2D eigenvalue weighted by Crippen LogP contribution is -2.14. The minimum Gasteiger partial charge on any atom is -0.456 e. The number of nitrogens with one attached hydrogen (secondary N) is 2. The van der Waals surface area contributed by atoms with Crippen LogP contribution in [0, 0.1) is 0 Å². The van der Waals surface area contributed by atoms with Crippen LogP contribution in [0.3, 0.4) is 0 Å². The third kappa shape index (κ3) is 4.10. The summed E-state index contributed by atoms with van der Waals surface area (Å²) in [5.41, 5.74) is 3.39. The van der Waals surface area contributed by atoms with Crippen LogP contribution in [-0.4, -0.2) is 14.3 Å². The van der Waals surface area contributed by atoms with Crippen LogP contribution < -0.4 is 10.0 Å². The van der Waals surface area contributed by atoms with Crippen LogP contribution in [0.5, 0.6) is 0 Å². The van der Waals surface area contributed by atoms with Crippen molar-refractivity contribution in [2.75, 3.05) is 10.0 Å². The third-order valence-electron chi connectivity index (χ3n) is 4.99. The lowest BCUT2D eigenvalue weighted by molar-refractivity contribution is -0.115. The molecule has 160 valence electrons. The summed E-state index contributed by atoms with van der Waals surface area (Å²) in [5.74, 6) is -0.174. The molecule has 0 fully saturated rings. The standard InChI is InChI=1S/C24H18N2O4S2/c27-23(25-18-11-12-20-19-4-1-2-5-21(19)30-22(20)15-18)14-16-7-9-17(10-8-16)26-32(28,29)24-6-3-13-31-24/h1-13,15,26H,14H2,(H,25,27). The van der Waals surface area contributed by atoms with Gasteiger partial charge in [-0.15, -0.1) is 11.3 Å². The Morgan fingerprint density at radius 3 is 2.38 bits per heavy atom. The first-order valence-corrected chi connectivity index (χ1v) is 12.2. The first-order valence-electron chi connectivity index (χ1n) is 9.84. The van der Waals surface area contributed by atoms with E-state index in [0.29, 0.717) is 17.0 Å². The highest BCUT2D eigenvalue weighted by molar-refractivity contribution is 7.94. The first kappa shape index (κ1) is 20.3. The van der Waals surface area contributed by atoms with Crippen molar-refractivity contribution in [3.05, 3.63) is 89.8 Å². The molecule has 0 aliphatic carbocycles. The molecule has 0 unspecified atom stereocenters. The van der Waals surface area contributed by atoms with E-state index in [1.807, 2.05) is 42.5 Å². The number of thiophene rings is 1. The van der Waals surface area contributed by atoms with Crippen molar-refractivity contribution in [1.82, 2.24) is 0 Å². The van der Waals surface area contributed by atoms with Crippen LogP contribution in [0.25, 0.3) is 21.9 Å². The fourth-order valence-corrected chi connectivity index (χ4v) is 5.56. The maximum Gasteiger partial charge on any atom is 0.271 e. The van der Waals surface area contributed by atoms with Crippen molar-refractivity contribution < 1.29 is 17.6 Å². The van der Waals surface area contributed by atoms with Crippen molar-refractivity contribution in [2.45, 2.75) is 10.6 Å². The monoisotopic (exact) mass is 462 g/mol. The number of para-hydroxylation sites is 1. The molecule has 0 atom stereocenters. The molecule has 32 heavy (non-hydrogen) atoms. The number of amides is 1. The first-order chi connectivity index (χ1) is 15.5. The summed E-state index contributed by atoms with van der Waals surface area (Å²) < 4.78 is 33.3. The second-order valence-corrected chi connectivity index (χ2v) is 10.1. The van der Waals surface area contributed by atoms with Gasteiger partial charge in [-0.25, -0.2) is 8.42 Å². The summed E-state index contributed by atoms with van der Waals surface area (Å²) >= 11 is 1.15. The van der Waals surface area contributed by atoms with Gasteiger partial charge in [0.2, 0.25) is 5.91 Å². The Morgan fingerprint density at radius 1 is 0.844 bits per heavy atom. The Balaban J connectivity index is 1.25. The molecule has 1 amide bonds. The predicted octanol–water partition coefficient (Wildman–Crippen LogP) is 5.63. The van der Waals surface area contributed by atoms with Gasteiger partial charge < -0.3 is 9.73 Å². The van der Waals surface area contributed by atoms with Crippen molar-refractivity contribution in [3.63, 3.8) is 0 Å². The number of rotatable bonds is 6. The minimum absolute atomic E-state index is 0.163. The summed E-state index contributed by atoms with van der Waals surface area (Å²) in [6, 6.07) is 23.4. The van der Waals surface area contributed by atoms with Crippen LogP contribution >= 0.6 is 11.3 Å². The molecule has 2 N–H and O–H groups in total. The number of hydrogen-bond donors (Lipinski definition) is 2. The third-order valence-corrected chi connectivity index (χ3v) is 7.77. The summed E-state index contributed by atoms with van der Waals surface area (Å²) in [6.45, 7) is 0. The molecule has 5 aromatic rings. The zero-order chi connectivity index (χ0) is 22.1. The molecule has 2 heterocycles. The zero-order valence-corrected chi connectivity index (χ0v) is 18.4. The van der Waals surface area contributed by atoms with Gasteiger partial charge in [-0.1, -0.05) is 36.4 Å². The van der Waals surface area contributed by atoms with E-state index in [1.54, 1.807) is 41.8 Å². The van der Waals surface area contributed by atoms with Gasteiger partial charge in [0.15, 0.2) is 0 Å². The number of carbonyl (C=O) groups excluding carboxylic acids is 1. The van der Waals surface area contributed by atoms with E-state index in [9.17, 15) is 13.2 Å². The minimum atomic E-state index is -3.59. The van der Waals surface area contributed by atoms with E-state index in [1.165, 1.54) is 0 Å². The summed E-state index contributed by atoms with van der Waals surface area (Å²) in [7, 11) is -3.59. The molecule has 3 aromatic carbocycles. The Bertz CT molecular complexity index is 1520. The zero-order valence-electron chi connectivity index (χ0n) is 16.7. The van der Waals surface area contributed by atoms with Crippen LogP contribution in [0.4, 0.5) is 11.4 Å². The van der Waals surface area contributed by atoms with Gasteiger partial charge in [-0.3, -0.25) is 9.52 Å². The molecule has 0 radical (unpaired) electrons. The summed E-state index contributed by atoms with van der Waals surface area (Å²) in [5, 5.41) is 6.64. The maximum atomic E-state index is 12.5. The molecule has 2 aromatic heterocycles. The van der Waals surface area contributed by atoms with E-state index in [0.717, 1.165) is 33.3 Å². The fourth-order valence-electron chi connectivity index (χ4n) is 3.51. The van der Waals surface area contributed by atoms with E-state index < -0.39 is 10.0 Å². The fraction of sp³-hybridized carbons (Fsp3) is 0.0417. The summed E-state index contributed by atoms with van der Waals surface area (Å²) in [4.78, 5) is 12.5. The van der Waals surface area contributed by atoms with Crippen molar-refractivity contribution in [1.29, 1.82) is 0 Å². The quantitative estimate of drug-likeness (QED) is 0.342. The molecule has 0 saturated heterocycles. The van der Waals surface area contributed by atoms with E-state index in [-0.39, 0.29) is 16.5 Å². The number of fused-ring (bicyclic) bond motifs is 3. The van der Waals surface area contributed by atoms with Gasteiger partial charge in [0.1, 0.15) is 15.4 Å². The van der Waals surface area contributed by atoms with E-state index >= 15 is 0 Å². The SMILES string of the molecule is O=C(Cc1ccc(NS(=O)(=O)c2cccs2)cc1)Nc1ccc2c(c1)oc1ccccc12. The van der Waals surface area contributed by atoms with Crippen molar-refractivity contribution >= 4 is 60.6 Å². The lowest BCUT2D eigenvalue weighted by atomic mass is 10.1. The smallest absolute Gasteiger partial charge is 0.271 e. The largest absolute Gasteiger partial charge is 0.456 e. The molecule has 0 saturated carbocycles. The Hall–Kier alpha value is -3.62. The van der Waals surface area contributed by atoms with E-state index in [4.69, 9.17) is 4.42 Å². The number of hydrogen-bond acceptors (Lipinski definition) is 5. The second kappa shape index (κ2) is 8.14. The average Bonchev–Trinajstić information content (AvgIpc) is 3.43. The maximum absolute atomic E-state index is 12.5. The van der Waals surface area contributed by atoms with Crippen molar-refractivity contribution in [2.24, 2.45) is 0 Å².